The van der Waals surface area contributed by atoms with Crippen molar-refractivity contribution in [2.75, 3.05) is 45.3 Å². The smallest absolute Gasteiger partial charge is 0.227 e. The molecule has 30 heavy (non-hydrogen) atoms. The van der Waals surface area contributed by atoms with Crippen molar-refractivity contribution in [3.8, 4) is 23.0 Å². The average molecular weight is 408 g/mol. The van der Waals surface area contributed by atoms with E-state index in [2.05, 4.69) is 15.1 Å². The van der Waals surface area contributed by atoms with Crippen molar-refractivity contribution in [1.82, 2.24) is 15.1 Å². The number of furan rings is 1. The summed E-state index contributed by atoms with van der Waals surface area (Å²) in [5.74, 6) is 2.88. The van der Waals surface area contributed by atoms with Gasteiger partial charge in [-0.3, -0.25) is 4.79 Å². The average Bonchev–Trinajstić information content (AvgIpc) is 3.34. The number of nitrogens with zero attached hydrogens (tertiary/aromatic N) is 4. The summed E-state index contributed by atoms with van der Waals surface area (Å²) in [6.45, 7) is 2.72. The molecule has 1 aliphatic rings. The van der Waals surface area contributed by atoms with Gasteiger partial charge in [0.1, 0.15) is 5.69 Å². The van der Waals surface area contributed by atoms with Crippen LogP contribution in [-0.2, 0) is 11.2 Å². The fraction of sp³-hybridized carbons (Fsp3) is 0.318. The molecular formula is C22H24N4O4. The number of hydrogen-bond acceptors (Lipinski definition) is 7. The number of amides is 1. The molecule has 4 rings (SSSR count). The highest BCUT2D eigenvalue weighted by atomic mass is 16.5. The lowest BCUT2D eigenvalue weighted by molar-refractivity contribution is -0.130. The topological polar surface area (TPSA) is 80.9 Å². The molecule has 0 spiro atoms. The summed E-state index contributed by atoms with van der Waals surface area (Å²) in [4.78, 5) is 16.8. The van der Waals surface area contributed by atoms with E-state index >= 15 is 0 Å². The molecule has 156 valence electrons. The van der Waals surface area contributed by atoms with E-state index in [0.29, 0.717) is 55.6 Å². The third-order valence-corrected chi connectivity index (χ3v) is 5.18. The molecule has 1 aromatic carbocycles. The second-order valence-electron chi connectivity index (χ2n) is 6.99. The minimum absolute atomic E-state index is 0.0983. The van der Waals surface area contributed by atoms with Gasteiger partial charge in [-0.25, -0.2) is 0 Å². The Morgan fingerprint density at radius 3 is 2.43 bits per heavy atom. The highest BCUT2D eigenvalue weighted by molar-refractivity contribution is 5.79. The second kappa shape index (κ2) is 8.86. The summed E-state index contributed by atoms with van der Waals surface area (Å²) < 4.78 is 15.9. The SMILES string of the molecule is COc1ccc(CC(=O)N2CCN(c3ccc(-c4ccco4)nn3)CC2)cc1OC. The van der Waals surface area contributed by atoms with E-state index in [-0.39, 0.29) is 5.91 Å². The van der Waals surface area contributed by atoms with Crippen molar-refractivity contribution in [1.29, 1.82) is 0 Å². The zero-order valence-corrected chi connectivity index (χ0v) is 17.1. The monoisotopic (exact) mass is 408 g/mol. The van der Waals surface area contributed by atoms with Gasteiger partial charge in [0.05, 0.1) is 26.9 Å². The number of rotatable bonds is 6. The van der Waals surface area contributed by atoms with Crippen molar-refractivity contribution in [3.63, 3.8) is 0 Å². The Kier molecular flexibility index (Phi) is 5.83. The van der Waals surface area contributed by atoms with Crippen LogP contribution in [0, 0.1) is 0 Å². The van der Waals surface area contributed by atoms with Crippen LogP contribution >= 0.6 is 0 Å². The van der Waals surface area contributed by atoms with Crippen molar-refractivity contribution in [2.24, 2.45) is 0 Å². The molecule has 3 aromatic rings. The van der Waals surface area contributed by atoms with Gasteiger partial charge in [-0.15, -0.1) is 10.2 Å². The third-order valence-electron chi connectivity index (χ3n) is 5.18. The van der Waals surface area contributed by atoms with E-state index in [1.807, 2.05) is 47.4 Å². The van der Waals surface area contributed by atoms with E-state index in [0.717, 1.165) is 11.4 Å². The summed E-state index contributed by atoms with van der Waals surface area (Å²) >= 11 is 0. The molecule has 1 amide bonds. The predicted molar refractivity (Wildman–Crippen MR) is 112 cm³/mol. The first kappa shape index (κ1) is 19.8. The summed E-state index contributed by atoms with van der Waals surface area (Å²) in [6.07, 6.45) is 1.95. The van der Waals surface area contributed by atoms with Crippen LogP contribution < -0.4 is 14.4 Å². The molecule has 0 unspecified atom stereocenters. The number of carbonyl (C=O) groups excluding carboxylic acids is 1. The molecule has 3 heterocycles. The quantitative estimate of drug-likeness (QED) is 0.620. The largest absolute Gasteiger partial charge is 0.493 e. The third kappa shape index (κ3) is 4.22. The predicted octanol–water partition coefficient (Wildman–Crippen LogP) is 2.65. The molecule has 1 saturated heterocycles. The molecule has 0 saturated carbocycles. The van der Waals surface area contributed by atoms with Crippen LogP contribution in [0.3, 0.4) is 0 Å². The van der Waals surface area contributed by atoms with Crippen LogP contribution in [0.1, 0.15) is 5.56 Å². The van der Waals surface area contributed by atoms with Crippen LogP contribution in [0.15, 0.2) is 53.1 Å². The summed E-state index contributed by atoms with van der Waals surface area (Å²) in [6, 6.07) is 13.1. The number of benzene rings is 1. The molecule has 1 aliphatic heterocycles. The minimum Gasteiger partial charge on any atom is -0.493 e. The van der Waals surface area contributed by atoms with Gasteiger partial charge in [0.15, 0.2) is 23.1 Å². The van der Waals surface area contributed by atoms with Gasteiger partial charge in [0.25, 0.3) is 0 Å². The van der Waals surface area contributed by atoms with Gasteiger partial charge >= 0.3 is 0 Å². The van der Waals surface area contributed by atoms with Crippen molar-refractivity contribution < 1.29 is 18.7 Å². The Balaban J connectivity index is 1.33. The van der Waals surface area contributed by atoms with Crippen LogP contribution in [0.5, 0.6) is 11.5 Å². The van der Waals surface area contributed by atoms with Crippen LogP contribution in [0.25, 0.3) is 11.5 Å². The van der Waals surface area contributed by atoms with E-state index in [4.69, 9.17) is 13.9 Å². The van der Waals surface area contributed by atoms with Crippen molar-refractivity contribution >= 4 is 11.7 Å². The Bertz CT molecular complexity index is 981. The first-order chi connectivity index (χ1) is 14.7. The van der Waals surface area contributed by atoms with Crippen LogP contribution in [-0.4, -0.2) is 61.4 Å². The molecule has 0 bridgehead atoms. The van der Waals surface area contributed by atoms with Gasteiger partial charge in [-0.05, 0) is 42.0 Å². The van der Waals surface area contributed by atoms with Gasteiger partial charge in [-0.2, -0.15) is 0 Å². The number of aromatic nitrogens is 2. The lowest BCUT2D eigenvalue weighted by Gasteiger charge is -2.35. The Labute approximate surface area is 175 Å². The number of ether oxygens (including phenoxy) is 2. The van der Waals surface area contributed by atoms with E-state index in [9.17, 15) is 4.79 Å². The molecule has 8 nitrogen and oxygen atoms in total. The summed E-state index contributed by atoms with van der Waals surface area (Å²) in [5.41, 5.74) is 1.60. The lowest BCUT2D eigenvalue weighted by atomic mass is 10.1. The first-order valence-electron chi connectivity index (χ1n) is 9.79. The molecule has 0 aliphatic carbocycles. The molecule has 1 fully saturated rings. The summed E-state index contributed by atoms with van der Waals surface area (Å²) in [7, 11) is 3.18. The maximum atomic E-state index is 12.7. The molecule has 0 atom stereocenters. The zero-order chi connectivity index (χ0) is 20.9. The Hall–Kier alpha value is -3.55. The van der Waals surface area contributed by atoms with Gasteiger partial charge in [-0.1, -0.05) is 6.07 Å². The number of hydrogen-bond donors (Lipinski definition) is 0. The van der Waals surface area contributed by atoms with Gasteiger partial charge in [0, 0.05) is 26.2 Å². The first-order valence-corrected chi connectivity index (χ1v) is 9.79. The van der Waals surface area contributed by atoms with Crippen molar-refractivity contribution in [2.45, 2.75) is 6.42 Å². The van der Waals surface area contributed by atoms with Crippen LogP contribution in [0.2, 0.25) is 0 Å². The number of carbonyl (C=O) groups is 1. The highest BCUT2D eigenvalue weighted by Gasteiger charge is 2.22. The number of anilines is 1. The highest BCUT2D eigenvalue weighted by Crippen LogP contribution is 2.28. The van der Waals surface area contributed by atoms with E-state index in [1.54, 1.807) is 20.5 Å². The lowest BCUT2D eigenvalue weighted by Crippen LogP contribution is -2.49. The molecule has 0 N–H and O–H groups in total. The standard InChI is InChI=1S/C22H24N4O4/c1-28-19-7-5-16(14-20(19)29-2)15-22(27)26-11-9-25(10-12-26)21-8-6-17(23-24-21)18-4-3-13-30-18/h3-8,13-14H,9-12,15H2,1-2H3. The zero-order valence-electron chi connectivity index (χ0n) is 17.1. The second-order valence-corrected chi connectivity index (χ2v) is 6.99. The fourth-order valence-corrected chi connectivity index (χ4v) is 3.51. The maximum absolute atomic E-state index is 12.7. The molecule has 2 aromatic heterocycles. The van der Waals surface area contributed by atoms with Crippen molar-refractivity contribution in [3.05, 3.63) is 54.3 Å². The maximum Gasteiger partial charge on any atom is 0.227 e. The number of methoxy groups -OCH3 is 2. The molecular weight excluding hydrogens is 384 g/mol. The number of piperazine rings is 1. The van der Waals surface area contributed by atoms with E-state index < -0.39 is 0 Å². The molecule has 0 radical (unpaired) electrons. The van der Waals surface area contributed by atoms with Gasteiger partial charge < -0.3 is 23.7 Å². The van der Waals surface area contributed by atoms with Gasteiger partial charge in [0.2, 0.25) is 5.91 Å². The molecule has 8 heteroatoms. The Morgan fingerprint density at radius 2 is 1.80 bits per heavy atom. The normalized spacial score (nSPS) is 13.9. The van der Waals surface area contributed by atoms with E-state index in [1.165, 1.54) is 0 Å². The van der Waals surface area contributed by atoms with Crippen LogP contribution in [0.4, 0.5) is 5.82 Å². The summed E-state index contributed by atoms with van der Waals surface area (Å²) in [5, 5.41) is 8.57. The fourth-order valence-electron chi connectivity index (χ4n) is 3.51. The Morgan fingerprint density at radius 1 is 1.00 bits per heavy atom. The minimum atomic E-state index is 0.0983.